The Kier molecular flexibility index (Phi) is 7.94. The van der Waals surface area contributed by atoms with Crippen LogP contribution in [0, 0.1) is 29.1 Å². The molecule has 0 spiro atoms. The molecule has 0 bridgehead atoms. The Morgan fingerprint density at radius 1 is 1.17 bits per heavy atom. The molecule has 4 nitrogen and oxygen atoms in total. The molecule has 2 saturated heterocycles. The number of hydrogen-bond acceptors (Lipinski definition) is 4. The van der Waals surface area contributed by atoms with Crippen molar-refractivity contribution in [3.63, 3.8) is 0 Å². The first-order valence-corrected chi connectivity index (χ1v) is 11.9. The fourth-order valence-corrected chi connectivity index (χ4v) is 5.74. The third-order valence-electron chi connectivity index (χ3n) is 7.27. The van der Waals surface area contributed by atoms with Gasteiger partial charge in [-0.15, -0.1) is 0 Å². The molecule has 0 N–H and O–H groups in total. The third kappa shape index (κ3) is 5.43. The molecule has 3 heterocycles. The summed E-state index contributed by atoms with van der Waals surface area (Å²) in [6.07, 6.45) is 13.4. The van der Waals surface area contributed by atoms with Gasteiger partial charge in [0.05, 0.1) is 17.7 Å². The van der Waals surface area contributed by atoms with Crippen LogP contribution in [0.2, 0.25) is 0 Å². The second kappa shape index (κ2) is 10.4. The first-order chi connectivity index (χ1) is 14.4. The van der Waals surface area contributed by atoms with Crippen LogP contribution in [0.3, 0.4) is 0 Å². The van der Waals surface area contributed by atoms with E-state index < -0.39 is 0 Å². The Bertz CT molecular complexity index is 753. The van der Waals surface area contributed by atoms with Gasteiger partial charge in [-0.25, -0.2) is 0 Å². The smallest absolute Gasteiger partial charge is 0.0969 e. The summed E-state index contributed by atoms with van der Waals surface area (Å²) in [6.45, 7) is 16.0. The molecule has 3 aliphatic heterocycles. The highest BCUT2D eigenvalue weighted by Crippen LogP contribution is 2.31. The Labute approximate surface area is 184 Å². The van der Waals surface area contributed by atoms with Gasteiger partial charge in [0, 0.05) is 37.6 Å². The Balaban J connectivity index is 1.79. The maximum Gasteiger partial charge on any atom is 0.0969 e. The highest BCUT2D eigenvalue weighted by atomic mass is 15.2. The largest absolute Gasteiger partial charge is 0.371 e. The maximum absolute atomic E-state index is 9.51. The minimum atomic E-state index is -0.0882. The van der Waals surface area contributed by atoms with Crippen molar-refractivity contribution >= 4 is 6.21 Å². The molecule has 0 amide bonds. The van der Waals surface area contributed by atoms with Gasteiger partial charge in [0.15, 0.2) is 0 Å². The molecule has 4 heteroatoms. The normalized spacial score (nSPS) is 38.7. The van der Waals surface area contributed by atoms with E-state index >= 15 is 0 Å². The van der Waals surface area contributed by atoms with Gasteiger partial charge in [0.25, 0.3) is 0 Å². The van der Waals surface area contributed by atoms with Gasteiger partial charge >= 0.3 is 0 Å². The molecule has 0 saturated carbocycles. The number of nitriles is 1. The van der Waals surface area contributed by atoms with E-state index in [1.807, 2.05) is 19.2 Å². The van der Waals surface area contributed by atoms with Crippen molar-refractivity contribution in [2.75, 3.05) is 26.2 Å². The fraction of sp³-hybridized carbons (Fsp3) is 0.692. The second-order valence-electron chi connectivity index (χ2n) is 9.81. The van der Waals surface area contributed by atoms with Crippen LogP contribution in [-0.4, -0.2) is 54.3 Å². The highest BCUT2D eigenvalue weighted by molar-refractivity contribution is 5.74. The summed E-state index contributed by atoms with van der Waals surface area (Å²) in [7, 11) is 0. The van der Waals surface area contributed by atoms with Gasteiger partial charge in [-0.1, -0.05) is 20.8 Å². The maximum atomic E-state index is 9.51. The van der Waals surface area contributed by atoms with E-state index in [1.165, 1.54) is 50.0 Å². The molecule has 2 fully saturated rings. The van der Waals surface area contributed by atoms with E-state index in [-0.39, 0.29) is 6.04 Å². The van der Waals surface area contributed by atoms with Crippen molar-refractivity contribution in [3.05, 3.63) is 35.1 Å². The first kappa shape index (κ1) is 22.8. The van der Waals surface area contributed by atoms with Gasteiger partial charge in [-0.3, -0.25) is 9.89 Å². The van der Waals surface area contributed by atoms with Crippen LogP contribution in [-0.2, 0) is 0 Å². The van der Waals surface area contributed by atoms with E-state index in [0.29, 0.717) is 11.8 Å². The van der Waals surface area contributed by atoms with E-state index in [4.69, 9.17) is 0 Å². The lowest BCUT2D eigenvalue weighted by Gasteiger charge is -2.45. The molecule has 0 aliphatic carbocycles. The number of rotatable bonds is 4. The average molecular weight is 409 g/mol. The predicted molar refractivity (Wildman–Crippen MR) is 126 cm³/mol. The minimum Gasteiger partial charge on any atom is -0.371 e. The van der Waals surface area contributed by atoms with E-state index in [0.717, 1.165) is 30.6 Å². The lowest BCUT2D eigenvalue weighted by molar-refractivity contribution is 0.0557. The van der Waals surface area contributed by atoms with Gasteiger partial charge in [-0.05, 0) is 87.6 Å². The summed E-state index contributed by atoms with van der Waals surface area (Å²) in [6, 6.07) is 2.99. The molecule has 164 valence electrons. The number of hydrogen-bond donors (Lipinski definition) is 0. The predicted octanol–water partition coefficient (Wildman–Crippen LogP) is 5.21. The first-order valence-electron chi connectivity index (χ1n) is 11.9. The average Bonchev–Trinajstić information content (AvgIpc) is 2.77. The molecule has 30 heavy (non-hydrogen) atoms. The zero-order chi connectivity index (χ0) is 21.7. The fourth-order valence-electron chi connectivity index (χ4n) is 5.74. The van der Waals surface area contributed by atoms with Crippen molar-refractivity contribution < 1.29 is 0 Å². The Hall–Kier alpha value is -1.86. The Morgan fingerprint density at radius 3 is 2.70 bits per heavy atom. The van der Waals surface area contributed by atoms with E-state index in [9.17, 15) is 5.26 Å². The van der Waals surface area contributed by atoms with Crippen LogP contribution in [0.1, 0.15) is 60.3 Å². The van der Waals surface area contributed by atoms with Gasteiger partial charge in [0.2, 0.25) is 0 Å². The second-order valence-corrected chi connectivity index (χ2v) is 9.81. The molecule has 0 aromatic heterocycles. The molecular weight excluding hydrogens is 368 g/mol. The van der Waals surface area contributed by atoms with Crippen molar-refractivity contribution in [2.45, 2.75) is 72.4 Å². The number of allylic oxidation sites excluding steroid dienone is 4. The van der Waals surface area contributed by atoms with Crippen LogP contribution < -0.4 is 0 Å². The lowest BCUT2D eigenvalue weighted by Crippen LogP contribution is -2.49. The molecule has 3 aliphatic rings. The molecule has 0 aromatic carbocycles. The van der Waals surface area contributed by atoms with Crippen LogP contribution in [0.4, 0.5) is 0 Å². The molecule has 5 atom stereocenters. The van der Waals surface area contributed by atoms with Crippen molar-refractivity contribution in [1.82, 2.24) is 9.80 Å². The van der Waals surface area contributed by atoms with Gasteiger partial charge in [0.1, 0.15) is 0 Å². The van der Waals surface area contributed by atoms with Crippen molar-refractivity contribution in [1.29, 1.82) is 5.26 Å². The van der Waals surface area contributed by atoms with Crippen LogP contribution in [0.15, 0.2) is 40.1 Å². The van der Waals surface area contributed by atoms with E-state index in [2.05, 4.69) is 60.7 Å². The monoisotopic (exact) mass is 408 g/mol. The van der Waals surface area contributed by atoms with Crippen molar-refractivity contribution in [2.24, 2.45) is 22.7 Å². The number of likely N-dealkylation sites (tertiary alicyclic amines) is 2. The standard InChI is InChI=1S/C26H40N4/c1-6-25-20(3)8-7-13-29(25)17-23-14-19(2)16-30(18-23)26-10-9-24(15-27)22(5)28-12-11-21(26)4/h9-12,19-20,22-23,25H,6-8,13-14,16-18H2,1-5H3/b21-11+,24-9-,26-10+,28-12?. The number of piperidine rings is 2. The minimum absolute atomic E-state index is 0.0882. The van der Waals surface area contributed by atoms with Gasteiger partial charge in [-0.2, -0.15) is 5.26 Å². The summed E-state index contributed by atoms with van der Waals surface area (Å²) < 4.78 is 0. The number of aliphatic imine (C=N–C) groups is 1. The van der Waals surface area contributed by atoms with Crippen LogP contribution in [0.25, 0.3) is 0 Å². The van der Waals surface area contributed by atoms with E-state index in [1.54, 1.807) is 0 Å². The molecular formula is C26H40N4. The third-order valence-corrected chi connectivity index (χ3v) is 7.27. The molecule has 3 rings (SSSR count). The Morgan fingerprint density at radius 2 is 1.97 bits per heavy atom. The van der Waals surface area contributed by atoms with Crippen molar-refractivity contribution in [3.8, 4) is 6.07 Å². The number of nitrogens with zero attached hydrogens (tertiary/aromatic N) is 4. The molecule has 5 unspecified atom stereocenters. The zero-order valence-corrected chi connectivity index (χ0v) is 19.6. The highest BCUT2D eigenvalue weighted by Gasteiger charge is 2.32. The zero-order valence-electron chi connectivity index (χ0n) is 19.6. The summed E-state index contributed by atoms with van der Waals surface area (Å²) in [5.74, 6) is 2.19. The van der Waals surface area contributed by atoms with Gasteiger partial charge < -0.3 is 4.90 Å². The summed E-state index contributed by atoms with van der Waals surface area (Å²) >= 11 is 0. The SMILES string of the molecule is CCC1C(C)CCCN1CC1CC(C)CN(C2=C/C=C(/C#N)C(C)N=C\C=C\2C)C1. The molecule has 0 radical (unpaired) electrons. The summed E-state index contributed by atoms with van der Waals surface area (Å²) in [4.78, 5) is 9.86. The summed E-state index contributed by atoms with van der Waals surface area (Å²) in [5, 5.41) is 9.51. The van der Waals surface area contributed by atoms with Crippen LogP contribution in [0.5, 0.6) is 0 Å². The molecule has 0 aromatic rings. The quantitative estimate of drug-likeness (QED) is 0.641. The lowest BCUT2D eigenvalue weighted by atomic mass is 9.85. The topological polar surface area (TPSA) is 42.6 Å². The summed E-state index contributed by atoms with van der Waals surface area (Å²) in [5.41, 5.74) is 3.20. The van der Waals surface area contributed by atoms with Crippen LogP contribution >= 0.6 is 0 Å².